The first kappa shape index (κ1) is 21.9. The van der Waals surface area contributed by atoms with E-state index in [1.54, 1.807) is 6.92 Å². The number of benzene rings is 1. The second-order valence-corrected chi connectivity index (χ2v) is 8.92. The summed E-state index contributed by atoms with van der Waals surface area (Å²) in [7, 11) is 1.65. The lowest BCUT2D eigenvalue weighted by atomic mass is 10.1. The van der Waals surface area contributed by atoms with Crippen LogP contribution in [-0.4, -0.2) is 51.5 Å². The van der Waals surface area contributed by atoms with Crippen molar-refractivity contribution in [3.63, 3.8) is 0 Å². The van der Waals surface area contributed by atoms with Crippen LogP contribution in [0.2, 0.25) is 0 Å². The molecule has 2 N–H and O–H groups in total. The molecule has 1 saturated heterocycles. The number of hydrogen-bond donors (Lipinski definition) is 3. The van der Waals surface area contributed by atoms with Crippen LogP contribution in [0.25, 0.3) is 0 Å². The SMILES string of the molecule is Cc1cc(NC(=O)c2c(F)c(S(=O)NC3CN(C)C[C@H]3CS)cn2C)ccc1F. The number of nitrogens with zero attached hydrogens (tertiary/aromatic N) is 2. The second-order valence-electron chi connectivity index (χ2n) is 7.34. The largest absolute Gasteiger partial charge is 0.343 e. The number of carbonyl (C=O) groups excluding carboxylic acids is 1. The monoisotopic (exact) mass is 442 g/mol. The molecule has 3 atom stereocenters. The number of likely N-dealkylation sites (N-methyl/N-ethyl adjacent to an activating group) is 1. The maximum absolute atomic E-state index is 15.0. The van der Waals surface area contributed by atoms with E-state index in [9.17, 15) is 17.8 Å². The standard InChI is InChI=1S/C19H24F2N4O2S2/c1-11-6-13(4-5-14(11)20)22-19(26)18-17(21)16(9-25(18)3)29(27)23-15-8-24(2)7-12(15)10-28/h4-6,9,12,15,23,28H,7-8,10H2,1-3H3,(H,22,26)/t12-,15?,29?/m0/s1. The first-order valence-electron chi connectivity index (χ1n) is 9.11. The predicted octanol–water partition coefficient (Wildman–Crippen LogP) is 2.34. The van der Waals surface area contributed by atoms with Gasteiger partial charge in [-0.2, -0.15) is 12.6 Å². The van der Waals surface area contributed by atoms with E-state index >= 15 is 0 Å². The molecule has 2 aromatic rings. The van der Waals surface area contributed by atoms with Crippen LogP contribution in [0.15, 0.2) is 29.3 Å². The number of likely N-dealkylation sites (tertiary alicyclic amines) is 1. The molecule has 1 aliphatic rings. The molecule has 0 saturated carbocycles. The van der Waals surface area contributed by atoms with E-state index in [-0.39, 0.29) is 22.5 Å². The lowest BCUT2D eigenvalue weighted by Gasteiger charge is -2.17. The van der Waals surface area contributed by atoms with Crippen molar-refractivity contribution in [2.75, 3.05) is 31.2 Å². The number of halogens is 2. The summed E-state index contributed by atoms with van der Waals surface area (Å²) in [5.41, 5.74) is 0.466. The average molecular weight is 443 g/mol. The van der Waals surface area contributed by atoms with E-state index in [0.717, 1.165) is 6.54 Å². The fourth-order valence-corrected chi connectivity index (χ4v) is 5.03. The van der Waals surface area contributed by atoms with Gasteiger partial charge in [0.25, 0.3) is 5.91 Å². The Morgan fingerprint density at radius 2 is 2.03 bits per heavy atom. The maximum Gasteiger partial charge on any atom is 0.275 e. The fourth-order valence-electron chi connectivity index (χ4n) is 3.48. The van der Waals surface area contributed by atoms with Crippen LogP contribution in [0.1, 0.15) is 16.1 Å². The van der Waals surface area contributed by atoms with Crippen LogP contribution >= 0.6 is 12.6 Å². The average Bonchev–Trinajstić information content (AvgIpc) is 3.16. The Morgan fingerprint density at radius 3 is 2.69 bits per heavy atom. The van der Waals surface area contributed by atoms with Crippen LogP contribution < -0.4 is 10.0 Å². The van der Waals surface area contributed by atoms with Gasteiger partial charge in [0.15, 0.2) is 5.82 Å². The molecule has 158 valence electrons. The molecule has 29 heavy (non-hydrogen) atoms. The molecule has 6 nitrogen and oxygen atoms in total. The molecular formula is C19H24F2N4O2S2. The number of amides is 1. The molecular weight excluding hydrogens is 418 g/mol. The van der Waals surface area contributed by atoms with Crippen molar-refractivity contribution >= 4 is 35.2 Å². The Hall–Kier alpha value is -1.75. The molecule has 10 heteroatoms. The molecule has 1 amide bonds. The Balaban J connectivity index is 1.77. The summed E-state index contributed by atoms with van der Waals surface area (Å²) in [6.07, 6.45) is 1.34. The molecule has 2 unspecified atom stereocenters. The van der Waals surface area contributed by atoms with E-state index in [0.29, 0.717) is 23.5 Å². The first-order chi connectivity index (χ1) is 13.7. The number of carbonyl (C=O) groups is 1. The fraction of sp³-hybridized carbons (Fsp3) is 0.421. The number of thiol groups is 1. The number of rotatable bonds is 6. The highest BCUT2D eigenvalue weighted by Crippen LogP contribution is 2.23. The molecule has 0 spiro atoms. The molecule has 1 aliphatic heterocycles. The lowest BCUT2D eigenvalue weighted by molar-refractivity contribution is 0.101. The molecule has 0 radical (unpaired) electrons. The smallest absolute Gasteiger partial charge is 0.275 e. The van der Waals surface area contributed by atoms with Crippen LogP contribution in [0.4, 0.5) is 14.5 Å². The number of hydrogen-bond acceptors (Lipinski definition) is 4. The molecule has 2 heterocycles. The molecule has 3 rings (SSSR count). The van der Waals surface area contributed by atoms with E-state index in [1.807, 2.05) is 7.05 Å². The zero-order valence-corrected chi connectivity index (χ0v) is 18.1. The summed E-state index contributed by atoms with van der Waals surface area (Å²) in [4.78, 5) is 14.6. The molecule has 1 aromatic heterocycles. The number of nitrogens with one attached hydrogen (secondary N) is 2. The van der Waals surface area contributed by atoms with E-state index < -0.39 is 28.5 Å². The van der Waals surface area contributed by atoms with Crippen LogP contribution in [-0.2, 0) is 18.0 Å². The zero-order valence-electron chi connectivity index (χ0n) is 16.4. The summed E-state index contributed by atoms with van der Waals surface area (Å²) < 4.78 is 45.4. The van der Waals surface area contributed by atoms with E-state index in [2.05, 4.69) is 27.6 Å². The molecule has 1 aromatic carbocycles. The quantitative estimate of drug-likeness (QED) is 0.602. The minimum Gasteiger partial charge on any atom is -0.343 e. The minimum absolute atomic E-state index is 0.0830. The van der Waals surface area contributed by atoms with E-state index in [1.165, 1.54) is 36.0 Å². The summed E-state index contributed by atoms with van der Waals surface area (Å²) in [6.45, 7) is 3.07. The van der Waals surface area contributed by atoms with E-state index in [4.69, 9.17) is 0 Å². The van der Waals surface area contributed by atoms with Gasteiger partial charge in [-0.3, -0.25) is 4.79 Å². The summed E-state index contributed by atoms with van der Waals surface area (Å²) in [5, 5.41) is 2.55. The maximum atomic E-state index is 15.0. The van der Waals surface area contributed by atoms with Crippen molar-refractivity contribution in [3.8, 4) is 0 Å². The van der Waals surface area contributed by atoms with Crippen molar-refractivity contribution < 1.29 is 17.8 Å². The van der Waals surface area contributed by atoms with Crippen LogP contribution in [0.5, 0.6) is 0 Å². The van der Waals surface area contributed by atoms with Gasteiger partial charge in [-0.15, -0.1) is 0 Å². The summed E-state index contributed by atoms with van der Waals surface area (Å²) >= 11 is 4.33. The van der Waals surface area contributed by atoms with Crippen molar-refractivity contribution in [3.05, 3.63) is 47.3 Å². The van der Waals surface area contributed by atoms with Crippen LogP contribution in [0, 0.1) is 24.5 Å². The summed E-state index contributed by atoms with van der Waals surface area (Å²) in [5.74, 6) is -1.12. The second kappa shape index (κ2) is 8.95. The Kier molecular flexibility index (Phi) is 6.77. The number of aromatic nitrogens is 1. The normalized spacial score (nSPS) is 20.8. The van der Waals surface area contributed by atoms with Crippen LogP contribution in [0.3, 0.4) is 0 Å². The van der Waals surface area contributed by atoms with Gasteiger partial charge < -0.3 is 14.8 Å². The molecule has 0 bridgehead atoms. The Morgan fingerprint density at radius 1 is 1.31 bits per heavy atom. The Labute approximate surface area is 176 Å². The van der Waals surface area contributed by atoms with Crippen molar-refractivity contribution in [2.45, 2.75) is 17.9 Å². The molecule has 0 aliphatic carbocycles. The van der Waals surface area contributed by atoms with Gasteiger partial charge in [-0.1, -0.05) is 0 Å². The van der Waals surface area contributed by atoms with Gasteiger partial charge in [0.1, 0.15) is 27.4 Å². The van der Waals surface area contributed by atoms with Gasteiger partial charge in [-0.25, -0.2) is 17.7 Å². The van der Waals surface area contributed by atoms with Crippen molar-refractivity contribution in [1.82, 2.24) is 14.2 Å². The molecule has 1 fully saturated rings. The highest BCUT2D eigenvalue weighted by Gasteiger charge is 2.32. The number of anilines is 1. The van der Waals surface area contributed by atoms with Crippen molar-refractivity contribution in [1.29, 1.82) is 0 Å². The first-order valence-corrected chi connectivity index (χ1v) is 10.9. The lowest BCUT2D eigenvalue weighted by Crippen LogP contribution is -2.38. The van der Waals surface area contributed by atoms with Gasteiger partial charge in [0, 0.05) is 38.1 Å². The summed E-state index contributed by atoms with van der Waals surface area (Å²) in [6, 6.07) is 4.00. The third kappa shape index (κ3) is 4.71. The van der Waals surface area contributed by atoms with Gasteiger partial charge in [-0.05, 0) is 49.4 Å². The number of aryl methyl sites for hydroxylation is 2. The Bertz CT molecular complexity index is 951. The highest BCUT2D eigenvalue weighted by atomic mass is 32.2. The topological polar surface area (TPSA) is 66.4 Å². The van der Waals surface area contributed by atoms with Gasteiger partial charge >= 0.3 is 0 Å². The zero-order chi connectivity index (χ0) is 21.3. The third-order valence-electron chi connectivity index (χ3n) is 5.03. The van der Waals surface area contributed by atoms with Gasteiger partial charge in [0.05, 0.1) is 0 Å². The van der Waals surface area contributed by atoms with Gasteiger partial charge in [0.2, 0.25) is 0 Å². The van der Waals surface area contributed by atoms with Crippen molar-refractivity contribution in [2.24, 2.45) is 13.0 Å². The predicted molar refractivity (Wildman–Crippen MR) is 113 cm³/mol. The highest BCUT2D eigenvalue weighted by molar-refractivity contribution is 7.83. The minimum atomic E-state index is -1.82. The third-order valence-corrected chi connectivity index (χ3v) is 6.70.